The van der Waals surface area contributed by atoms with Crippen molar-refractivity contribution in [1.82, 2.24) is 0 Å². The van der Waals surface area contributed by atoms with E-state index in [9.17, 15) is 4.79 Å². The Kier molecular flexibility index (Phi) is 2.11. The summed E-state index contributed by atoms with van der Waals surface area (Å²) in [5.74, 6) is 0.688. The van der Waals surface area contributed by atoms with Gasteiger partial charge < -0.3 is 4.74 Å². The SMILES string of the molecule is CC1(C)[C@H]2CC[C@@]1(C)[C@H](OC(=O)Cl)C2. The van der Waals surface area contributed by atoms with Crippen molar-refractivity contribution in [2.45, 2.75) is 46.1 Å². The minimum absolute atomic E-state index is 0.0289. The molecule has 0 N–H and O–H groups in total. The number of hydrogen-bond acceptors (Lipinski definition) is 2. The van der Waals surface area contributed by atoms with Crippen LogP contribution in [-0.2, 0) is 4.74 Å². The molecule has 2 nitrogen and oxygen atoms in total. The van der Waals surface area contributed by atoms with Crippen LogP contribution in [0.1, 0.15) is 40.0 Å². The molecule has 0 spiro atoms. The molecule has 0 saturated heterocycles. The molecule has 2 rings (SSSR count). The number of halogens is 1. The second-order valence-electron chi connectivity index (χ2n) is 5.45. The van der Waals surface area contributed by atoms with Crippen molar-refractivity contribution in [1.29, 1.82) is 0 Å². The van der Waals surface area contributed by atoms with Gasteiger partial charge in [-0.05, 0) is 30.6 Å². The van der Waals surface area contributed by atoms with Crippen molar-refractivity contribution >= 4 is 17.0 Å². The van der Waals surface area contributed by atoms with Gasteiger partial charge in [-0.15, -0.1) is 0 Å². The molecule has 3 heteroatoms. The third kappa shape index (κ3) is 1.13. The van der Waals surface area contributed by atoms with Gasteiger partial charge in [0.25, 0.3) is 0 Å². The summed E-state index contributed by atoms with van der Waals surface area (Å²) in [7, 11) is 0. The fourth-order valence-corrected chi connectivity index (χ4v) is 3.53. The predicted octanol–water partition coefficient (Wildman–Crippen LogP) is 3.58. The van der Waals surface area contributed by atoms with Gasteiger partial charge in [-0.25, -0.2) is 4.79 Å². The van der Waals surface area contributed by atoms with Gasteiger partial charge in [0.15, 0.2) is 0 Å². The Hall–Kier alpha value is -0.240. The highest BCUT2D eigenvalue weighted by molar-refractivity contribution is 6.61. The Labute approximate surface area is 90.0 Å². The average Bonchev–Trinajstić information content (AvgIpc) is 2.35. The fraction of sp³-hybridized carbons (Fsp3) is 0.909. The van der Waals surface area contributed by atoms with E-state index in [0.717, 1.165) is 12.8 Å². The third-order valence-corrected chi connectivity index (χ3v) is 5.04. The first-order valence-corrected chi connectivity index (χ1v) is 5.62. The molecule has 80 valence electrons. The Balaban J connectivity index is 2.23. The molecule has 2 aliphatic rings. The molecule has 2 fully saturated rings. The molecular weight excluding hydrogens is 200 g/mol. The van der Waals surface area contributed by atoms with Crippen LogP contribution < -0.4 is 0 Å². The maximum Gasteiger partial charge on any atom is 0.404 e. The molecule has 3 atom stereocenters. The first kappa shape index (κ1) is 10.3. The predicted molar refractivity (Wildman–Crippen MR) is 55.4 cm³/mol. The minimum Gasteiger partial charge on any atom is -0.450 e. The average molecular weight is 217 g/mol. The summed E-state index contributed by atoms with van der Waals surface area (Å²) in [4.78, 5) is 10.8. The second-order valence-corrected chi connectivity index (χ2v) is 5.76. The molecule has 0 heterocycles. The van der Waals surface area contributed by atoms with Crippen LogP contribution in [0.25, 0.3) is 0 Å². The lowest BCUT2D eigenvalue weighted by Gasteiger charge is -2.38. The van der Waals surface area contributed by atoms with E-state index in [2.05, 4.69) is 20.8 Å². The van der Waals surface area contributed by atoms with E-state index >= 15 is 0 Å². The van der Waals surface area contributed by atoms with Crippen molar-refractivity contribution in [3.8, 4) is 0 Å². The smallest absolute Gasteiger partial charge is 0.404 e. The lowest BCUT2D eigenvalue weighted by atomic mass is 9.70. The molecule has 14 heavy (non-hydrogen) atoms. The lowest BCUT2D eigenvalue weighted by Crippen LogP contribution is -2.37. The maximum atomic E-state index is 10.8. The summed E-state index contributed by atoms with van der Waals surface area (Å²) >= 11 is 5.29. The number of rotatable bonds is 1. The first-order chi connectivity index (χ1) is 6.38. The third-order valence-electron chi connectivity index (χ3n) is 4.95. The topological polar surface area (TPSA) is 26.3 Å². The molecule has 0 aromatic heterocycles. The van der Waals surface area contributed by atoms with Crippen molar-refractivity contribution in [2.75, 3.05) is 0 Å². The normalized spacial score (nSPS) is 44.0. The molecule has 0 aromatic carbocycles. The van der Waals surface area contributed by atoms with E-state index in [1.807, 2.05) is 0 Å². The van der Waals surface area contributed by atoms with E-state index in [1.165, 1.54) is 6.42 Å². The van der Waals surface area contributed by atoms with Gasteiger partial charge in [0.05, 0.1) is 0 Å². The fourth-order valence-electron chi connectivity index (χ4n) is 3.42. The highest BCUT2D eigenvalue weighted by atomic mass is 35.5. The van der Waals surface area contributed by atoms with Crippen molar-refractivity contribution in [3.05, 3.63) is 0 Å². The van der Waals surface area contributed by atoms with Crippen LogP contribution in [0.4, 0.5) is 4.79 Å². The molecule has 2 saturated carbocycles. The standard InChI is InChI=1S/C11H17ClO2/c1-10(2)7-4-5-11(10,3)8(6-7)14-9(12)13/h7-8H,4-6H2,1-3H3/t7-,8+,11-/m0/s1. The Morgan fingerprint density at radius 3 is 2.43 bits per heavy atom. The number of ether oxygens (including phenoxy) is 1. The lowest BCUT2D eigenvalue weighted by molar-refractivity contribution is 0.00612. The van der Waals surface area contributed by atoms with Crippen LogP contribution >= 0.6 is 11.6 Å². The largest absolute Gasteiger partial charge is 0.450 e. The van der Waals surface area contributed by atoms with Gasteiger partial charge in [-0.2, -0.15) is 0 Å². The van der Waals surface area contributed by atoms with Crippen LogP contribution in [0, 0.1) is 16.7 Å². The van der Waals surface area contributed by atoms with Crippen LogP contribution in [0.15, 0.2) is 0 Å². The molecule has 0 aliphatic heterocycles. The number of carbonyl (C=O) groups excluding carboxylic acids is 1. The second kappa shape index (κ2) is 2.88. The monoisotopic (exact) mass is 216 g/mol. The number of fused-ring (bicyclic) bond motifs is 2. The van der Waals surface area contributed by atoms with Gasteiger partial charge in [0.1, 0.15) is 6.10 Å². The van der Waals surface area contributed by atoms with Crippen LogP contribution in [-0.4, -0.2) is 11.5 Å². The van der Waals surface area contributed by atoms with Crippen molar-refractivity contribution in [2.24, 2.45) is 16.7 Å². The minimum atomic E-state index is -0.653. The van der Waals surface area contributed by atoms with Crippen LogP contribution in [0.3, 0.4) is 0 Å². The molecule has 0 amide bonds. The molecule has 0 aromatic rings. The summed E-state index contributed by atoms with van der Waals surface area (Å²) in [5, 5.41) is 0. The molecular formula is C11H17ClO2. The zero-order chi connectivity index (χ0) is 10.6. The van der Waals surface area contributed by atoms with Gasteiger partial charge in [-0.3, -0.25) is 0 Å². The molecule has 2 bridgehead atoms. The quantitative estimate of drug-likeness (QED) is 0.627. The highest BCUT2D eigenvalue weighted by Gasteiger charge is 2.62. The zero-order valence-corrected chi connectivity index (χ0v) is 9.73. The summed E-state index contributed by atoms with van der Waals surface area (Å²) < 4.78 is 5.21. The molecule has 0 radical (unpaired) electrons. The molecule has 2 aliphatic carbocycles. The van der Waals surface area contributed by atoms with E-state index in [1.54, 1.807) is 0 Å². The van der Waals surface area contributed by atoms with Gasteiger partial charge >= 0.3 is 5.43 Å². The number of hydrogen-bond donors (Lipinski definition) is 0. The maximum absolute atomic E-state index is 10.8. The van der Waals surface area contributed by atoms with E-state index in [0.29, 0.717) is 5.92 Å². The Morgan fingerprint density at radius 1 is 1.43 bits per heavy atom. The van der Waals surface area contributed by atoms with Gasteiger partial charge in [-0.1, -0.05) is 20.8 Å². The Morgan fingerprint density at radius 2 is 2.07 bits per heavy atom. The Bertz CT molecular complexity index is 274. The van der Waals surface area contributed by atoms with Gasteiger partial charge in [0, 0.05) is 17.0 Å². The van der Waals surface area contributed by atoms with E-state index in [-0.39, 0.29) is 16.9 Å². The summed E-state index contributed by atoms with van der Waals surface area (Å²) in [5.41, 5.74) is -0.244. The number of carbonyl (C=O) groups is 1. The molecule has 0 unspecified atom stereocenters. The highest BCUT2D eigenvalue weighted by Crippen LogP contribution is 2.66. The first-order valence-electron chi connectivity index (χ1n) is 5.24. The van der Waals surface area contributed by atoms with E-state index < -0.39 is 5.43 Å². The summed E-state index contributed by atoms with van der Waals surface area (Å²) in [6, 6.07) is 0. The van der Waals surface area contributed by atoms with Crippen molar-refractivity contribution < 1.29 is 9.53 Å². The van der Waals surface area contributed by atoms with Crippen molar-refractivity contribution in [3.63, 3.8) is 0 Å². The van der Waals surface area contributed by atoms with Crippen LogP contribution in [0.2, 0.25) is 0 Å². The van der Waals surface area contributed by atoms with E-state index in [4.69, 9.17) is 16.3 Å². The summed E-state index contributed by atoms with van der Waals surface area (Å²) in [6.07, 6.45) is 3.43. The summed E-state index contributed by atoms with van der Waals surface area (Å²) in [6.45, 7) is 6.80. The van der Waals surface area contributed by atoms with Gasteiger partial charge in [0.2, 0.25) is 0 Å². The zero-order valence-electron chi connectivity index (χ0n) is 8.97. The van der Waals surface area contributed by atoms with Crippen LogP contribution in [0.5, 0.6) is 0 Å².